The second-order valence-electron chi connectivity index (χ2n) is 5.19. The molecule has 1 amide bonds. The summed E-state index contributed by atoms with van der Waals surface area (Å²) in [4.78, 5) is 24.0. The van der Waals surface area contributed by atoms with Gasteiger partial charge in [-0.05, 0) is 17.7 Å². The van der Waals surface area contributed by atoms with E-state index in [1.54, 1.807) is 18.1 Å². The van der Waals surface area contributed by atoms with Gasteiger partial charge in [0.1, 0.15) is 5.69 Å². The van der Waals surface area contributed by atoms with Crippen LogP contribution < -0.4 is 15.1 Å². The number of fused-ring (bicyclic) bond motifs is 1. The van der Waals surface area contributed by atoms with E-state index in [9.17, 15) is 4.79 Å². The molecule has 1 N–H and O–H groups in total. The van der Waals surface area contributed by atoms with Gasteiger partial charge in [-0.2, -0.15) is 4.98 Å². The van der Waals surface area contributed by atoms with Gasteiger partial charge in [-0.15, -0.1) is 0 Å². The third-order valence-electron chi connectivity index (χ3n) is 3.58. The first-order chi connectivity index (χ1) is 10.5. The van der Waals surface area contributed by atoms with Gasteiger partial charge >= 0.3 is 0 Å². The summed E-state index contributed by atoms with van der Waals surface area (Å²) in [5.74, 6) is 1.31. The molecule has 1 aromatic carbocycles. The van der Waals surface area contributed by atoms with Gasteiger partial charge in [0.15, 0.2) is 5.82 Å². The molecule has 0 saturated heterocycles. The van der Waals surface area contributed by atoms with Crippen molar-refractivity contribution in [1.29, 1.82) is 0 Å². The van der Waals surface area contributed by atoms with Crippen molar-refractivity contribution in [2.24, 2.45) is 0 Å². The molecule has 1 aromatic heterocycles. The maximum absolute atomic E-state index is 11.8. The quantitative estimate of drug-likeness (QED) is 0.940. The summed E-state index contributed by atoms with van der Waals surface area (Å²) in [6, 6.07) is 7.60. The number of carbonyl (C=O) groups is 1. The normalized spacial score (nSPS) is 14.0. The fourth-order valence-corrected chi connectivity index (χ4v) is 2.40. The van der Waals surface area contributed by atoms with Crippen LogP contribution in [0.25, 0.3) is 0 Å². The lowest BCUT2D eigenvalue weighted by Gasteiger charge is -2.31. The molecule has 3 rings (SSSR count). The number of carbonyl (C=O) groups excluding carboxylic acids is 1. The van der Waals surface area contributed by atoms with Crippen LogP contribution in [0.2, 0.25) is 5.02 Å². The molecular formula is C15H16ClN5O. The molecule has 2 heterocycles. The number of hydrogen-bond donors (Lipinski definition) is 1. The second kappa shape index (κ2) is 5.81. The van der Waals surface area contributed by atoms with Crippen LogP contribution in [-0.2, 0) is 11.3 Å². The number of benzene rings is 1. The van der Waals surface area contributed by atoms with Crippen LogP contribution in [0.1, 0.15) is 5.56 Å². The zero-order valence-electron chi connectivity index (χ0n) is 12.4. The Balaban J connectivity index is 1.77. The Morgan fingerprint density at radius 3 is 2.73 bits per heavy atom. The molecule has 7 heteroatoms. The van der Waals surface area contributed by atoms with Crippen LogP contribution in [0.3, 0.4) is 0 Å². The lowest BCUT2D eigenvalue weighted by molar-refractivity contribution is -0.117. The molecule has 114 valence electrons. The lowest BCUT2D eigenvalue weighted by Crippen LogP contribution is -2.42. The van der Waals surface area contributed by atoms with E-state index in [1.165, 1.54) is 0 Å². The number of halogens is 1. The second-order valence-corrected chi connectivity index (χ2v) is 5.63. The Labute approximate surface area is 133 Å². The van der Waals surface area contributed by atoms with Crippen LogP contribution in [0.15, 0.2) is 30.5 Å². The van der Waals surface area contributed by atoms with Crippen LogP contribution in [0.4, 0.5) is 17.5 Å². The van der Waals surface area contributed by atoms with E-state index in [4.69, 9.17) is 11.6 Å². The summed E-state index contributed by atoms with van der Waals surface area (Å²) in [5, 5.41) is 3.89. The van der Waals surface area contributed by atoms with Crippen molar-refractivity contribution in [2.45, 2.75) is 6.54 Å². The van der Waals surface area contributed by atoms with E-state index >= 15 is 0 Å². The number of hydrogen-bond acceptors (Lipinski definition) is 5. The minimum absolute atomic E-state index is 0.0282. The van der Waals surface area contributed by atoms with Crippen LogP contribution >= 0.6 is 11.6 Å². The molecule has 0 atom stereocenters. The highest BCUT2D eigenvalue weighted by atomic mass is 35.5. The van der Waals surface area contributed by atoms with Gasteiger partial charge in [-0.25, -0.2) is 4.98 Å². The monoisotopic (exact) mass is 317 g/mol. The molecule has 0 saturated carbocycles. The van der Waals surface area contributed by atoms with E-state index in [0.29, 0.717) is 24.1 Å². The molecule has 0 unspecified atom stereocenters. The van der Waals surface area contributed by atoms with Gasteiger partial charge < -0.3 is 15.1 Å². The van der Waals surface area contributed by atoms with Crippen molar-refractivity contribution in [3.8, 4) is 0 Å². The highest BCUT2D eigenvalue weighted by Gasteiger charge is 2.26. The highest BCUT2D eigenvalue weighted by molar-refractivity contribution is 6.30. The zero-order chi connectivity index (χ0) is 15.7. The first-order valence-electron chi connectivity index (χ1n) is 6.87. The summed E-state index contributed by atoms with van der Waals surface area (Å²) >= 11 is 5.87. The van der Waals surface area contributed by atoms with Gasteiger partial charge in [0.2, 0.25) is 11.9 Å². The number of nitrogens with one attached hydrogen (secondary N) is 1. The minimum atomic E-state index is 0.0282. The van der Waals surface area contributed by atoms with Crippen LogP contribution in [0.5, 0.6) is 0 Å². The van der Waals surface area contributed by atoms with E-state index in [0.717, 1.165) is 17.1 Å². The average Bonchev–Trinajstić information content (AvgIpc) is 2.52. The van der Waals surface area contributed by atoms with E-state index < -0.39 is 0 Å². The van der Waals surface area contributed by atoms with E-state index in [2.05, 4.69) is 15.3 Å². The van der Waals surface area contributed by atoms with Crippen LogP contribution in [0, 0.1) is 0 Å². The Morgan fingerprint density at radius 1 is 1.27 bits per heavy atom. The molecule has 1 aliphatic heterocycles. The summed E-state index contributed by atoms with van der Waals surface area (Å²) < 4.78 is 0. The van der Waals surface area contributed by atoms with E-state index in [1.807, 2.05) is 36.2 Å². The molecule has 2 aromatic rings. The Kier molecular flexibility index (Phi) is 3.85. The maximum atomic E-state index is 11.8. The third-order valence-corrected chi connectivity index (χ3v) is 3.84. The van der Waals surface area contributed by atoms with Crippen LogP contribution in [-0.4, -0.2) is 36.5 Å². The largest absolute Gasteiger partial charge is 0.350 e. The number of aromatic nitrogens is 2. The summed E-state index contributed by atoms with van der Waals surface area (Å²) in [5.41, 5.74) is 1.81. The fraction of sp³-hybridized carbons (Fsp3) is 0.267. The van der Waals surface area contributed by atoms with Crippen molar-refractivity contribution in [2.75, 3.05) is 35.8 Å². The number of anilines is 3. The SMILES string of the molecule is CN1CC(=O)N(C)c2cnc(NCc3ccc(Cl)cc3)nc21. The summed E-state index contributed by atoms with van der Waals surface area (Å²) in [7, 11) is 3.58. The predicted octanol–water partition coefficient (Wildman–Crippen LogP) is 2.15. The third kappa shape index (κ3) is 2.82. The number of rotatable bonds is 3. The van der Waals surface area contributed by atoms with Crippen molar-refractivity contribution >= 4 is 35.0 Å². The first kappa shape index (κ1) is 14.6. The molecule has 0 bridgehead atoms. The topological polar surface area (TPSA) is 61.4 Å². The zero-order valence-corrected chi connectivity index (χ0v) is 13.1. The first-order valence-corrected chi connectivity index (χ1v) is 7.25. The lowest BCUT2D eigenvalue weighted by atomic mass is 10.2. The smallest absolute Gasteiger partial charge is 0.246 e. The van der Waals surface area contributed by atoms with Gasteiger partial charge in [-0.3, -0.25) is 4.79 Å². The molecule has 0 spiro atoms. The predicted molar refractivity (Wildman–Crippen MR) is 87.5 cm³/mol. The standard InChI is InChI=1S/C15H16ClN5O/c1-20-9-13(22)21(2)12-8-18-15(19-14(12)20)17-7-10-3-5-11(16)6-4-10/h3-6,8H,7,9H2,1-2H3,(H,17,18,19). The minimum Gasteiger partial charge on any atom is -0.350 e. The van der Waals surface area contributed by atoms with Gasteiger partial charge in [-0.1, -0.05) is 23.7 Å². The fourth-order valence-electron chi connectivity index (χ4n) is 2.27. The van der Waals surface area contributed by atoms with Gasteiger partial charge in [0.05, 0.1) is 12.7 Å². The molecule has 0 aliphatic carbocycles. The molecule has 6 nitrogen and oxygen atoms in total. The van der Waals surface area contributed by atoms with Crippen molar-refractivity contribution in [3.05, 3.63) is 41.0 Å². The van der Waals surface area contributed by atoms with Crippen molar-refractivity contribution in [1.82, 2.24) is 9.97 Å². The molecular weight excluding hydrogens is 302 g/mol. The number of likely N-dealkylation sites (N-methyl/N-ethyl adjacent to an activating group) is 2. The summed E-state index contributed by atoms with van der Waals surface area (Å²) in [6.45, 7) is 0.922. The molecule has 0 fully saturated rings. The summed E-state index contributed by atoms with van der Waals surface area (Å²) in [6.07, 6.45) is 1.67. The van der Waals surface area contributed by atoms with Gasteiger partial charge in [0, 0.05) is 25.7 Å². The van der Waals surface area contributed by atoms with Crippen molar-refractivity contribution < 1.29 is 4.79 Å². The van der Waals surface area contributed by atoms with Crippen molar-refractivity contribution in [3.63, 3.8) is 0 Å². The Hall–Kier alpha value is -2.34. The molecule has 0 radical (unpaired) electrons. The maximum Gasteiger partial charge on any atom is 0.246 e. The Morgan fingerprint density at radius 2 is 2.00 bits per heavy atom. The highest BCUT2D eigenvalue weighted by Crippen LogP contribution is 2.29. The average molecular weight is 318 g/mol. The number of nitrogens with zero attached hydrogens (tertiary/aromatic N) is 4. The van der Waals surface area contributed by atoms with Gasteiger partial charge in [0.25, 0.3) is 0 Å². The molecule has 22 heavy (non-hydrogen) atoms. The van der Waals surface area contributed by atoms with E-state index in [-0.39, 0.29) is 5.91 Å². The number of amides is 1. The Bertz CT molecular complexity index is 704. The molecule has 1 aliphatic rings.